The summed E-state index contributed by atoms with van der Waals surface area (Å²) in [5, 5.41) is 0.0148. The van der Waals surface area contributed by atoms with Crippen LogP contribution >= 0.6 is 0 Å². The fourth-order valence-electron chi connectivity index (χ4n) is 3.37. The molecule has 1 aromatic rings. The molecule has 2 heterocycles. The van der Waals surface area contributed by atoms with Crippen molar-refractivity contribution in [1.29, 1.82) is 0 Å². The van der Waals surface area contributed by atoms with E-state index >= 15 is 0 Å². The summed E-state index contributed by atoms with van der Waals surface area (Å²) in [7, 11) is -2.09. The maximum absolute atomic E-state index is 12.3. The van der Waals surface area contributed by atoms with E-state index in [9.17, 15) is 4.79 Å². The maximum atomic E-state index is 12.3. The molecule has 6 nitrogen and oxygen atoms in total. The molecule has 0 radical (unpaired) electrons. The lowest BCUT2D eigenvalue weighted by molar-refractivity contribution is -0.242. The first-order chi connectivity index (χ1) is 13.4. The Morgan fingerprint density at radius 1 is 1.10 bits per heavy atom. The minimum atomic E-state index is -2.09. The molecule has 29 heavy (non-hydrogen) atoms. The number of carbonyl (C=O) groups excluding carboxylic acids is 1. The lowest BCUT2D eigenvalue weighted by Crippen LogP contribution is -2.54. The first-order valence-corrected chi connectivity index (χ1v) is 13.1. The average molecular weight is 423 g/mol. The third-order valence-electron chi connectivity index (χ3n) is 6.14. The minimum Gasteiger partial charge on any atom is -0.413 e. The smallest absolute Gasteiger partial charge is 0.192 e. The molecule has 162 valence electrons. The van der Waals surface area contributed by atoms with Crippen molar-refractivity contribution >= 4 is 14.6 Å². The summed E-state index contributed by atoms with van der Waals surface area (Å²) in [5.41, 5.74) is -0.255. The van der Waals surface area contributed by atoms with E-state index in [2.05, 4.69) is 33.9 Å². The van der Waals surface area contributed by atoms with Gasteiger partial charge in [-0.3, -0.25) is 4.79 Å². The Morgan fingerprint density at radius 3 is 2.34 bits per heavy atom. The van der Waals surface area contributed by atoms with Crippen molar-refractivity contribution in [2.75, 3.05) is 6.61 Å². The average Bonchev–Trinajstić information content (AvgIpc) is 3.07. The molecule has 0 unspecified atom stereocenters. The third-order valence-corrected chi connectivity index (χ3v) is 10.6. The monoisotopic (exact) mass is 422 g/mol. The van der Waals surface area contributed by atoms with Crippen LogP contribution in [0.1, 0.15) is 40.2 Å². The van der Waals surface area contributed by atoms with E-state index in [1.807, 2.05) is 44.2 Å². The zero-order valence-electron chi connectivity index (χ0n) is 18.6. The number of hydrogen-bond donors (Lipinski definition) is 0. The van der Waals surface area contributed by atoms with Gasteiger partial charge in [-0.15, -0.1) is 0 Å². The summed E-state index contributed by atoms with van der Waals surface area (Å²) in [5.74, 6) is -0.793. The fraction of sp³-hybridized carbons (Fsp3) is 0.682. The molecule has 1 aromatic carbocycles. The van der Waals surface area contributed by atoms with Crippen molar-refractivity contribution in [3.63, 3.8) is 0 Å². The van der Waals surface area contributed by atoms with Crippen molar-refractivity contribution in [1.82, 2.24) is 0 Å². The molecule has 2 aliphatic rings. The van der Waals surface area contributed by atoms with Crippen LogP contribution in [0.5, 0.6) is 0 Å². The highest BCUT2D eigenvalue weighted by Crippen LogP contribution is 2.45. The second-order valence-corrected chi connectivity index (χ2v) is 14.7. The van der Waals surface area contributed by atoms with Gasteiger partial charge in [-0.1, -0.05) is 51.1 Å². The highest BCUT2D eigenvalue weighted by molar-refractivity contribution is 6.74. The van der Waals surface area contributed by atoms with Crippen LogP contribution in [0, 0.1) is 0 Å². The standard InChI is InChI=1S/C22H34O6Si/c1-20(2,3)29(6,7)25-15-22(14-23)18(24-13-16-11-9-8-10-12-16)17-19(28-22)27-21(4,5)26-17/h8-12,14,17-19H,13,15H2,1-7H3/t17-,18+,19+,22-/m1/s1. The summed E-state index contributed by atoms with van der Waals surface area (Å²) in [6.45, 7) is 14.9. The molecule has 0 aromatic heterocycles. The Labute approximate surface area is 174 Å². The number of fused-ring (bicyclic) bond motifs is 1. The topological polar surface area (TPSA) is 63.2 Å². The molecule has 2 saturated heterocycles. The predicted octanol–water partition coefficient (Wildman–Crippen LogP) is 4.04. The minimum absolute atomic E-state index is 0.0148. The van der Waals surface area contributed by atoms with E-state index in [0.717, 1.165) is 11.8 Å². The molecule has 2 fully saturated rings. The van der Waals surface area contributed by atoms with E-state index in [1.165, 1.54) is 0 Å². The molecule has 0 amide bonds. The summed E-state index contributed by atoms with van der Waals surface area (Å²) in [4.78, 5) is 12.3. The molecule has 7 heteroatoms. The summed E-state index contributed by atoms with van der Waals surface area (Å²) < 4.78 is 30.7. The summed E-state index contributed by atoms with van der Waals surface area (Å²) in [6, 6.07) is 9.84. The lowest BCUT2D eigenvalue weighted by atomic mass is 9.97. The van der Waals surface area contributed by atoms with Gasteiger partial charge in [0.1, 0.15) is 12.2 Å². The van der Waals surface area contributed by atoms with Gasteiger partial charge in [0.25, 0.3) is 0 Å². The van der Waals surface area contributed by atoms with Crippen LogP contribution in [-0.4, -0.2) is 51.1 Å². The molecular weight excluding hydrogens is 388 g/mol. The maximum Gasteiger partial charge on any atom is 0.192 e. The molecule has 3 rings (SSSR count). The quantitative estimate of drug-likeness (QED) is 0.488. The number of rotatable bonds is 7. The van der Waals surface area contributed by atoms with Crippen LogP contribution in [0.15, 0.2) is 30.3 Å². The zero-order valence-corrected chi connectivity index (χ0v) is 19.6. The first-order valence-electron chi connectivity index (χ1n) is 10.2. The molecule has 2 aliphatic heterocycles. The lowest BCUT2D eigenvalue weighted by Gasteiger charge is -2.40. The Kier molecular flexibility index (Phi) is 6.13. The third kappa shape index (κ3) is 4.65. The van der Waals surface area contributed by atoms with Gasteiger partial charge in [-0.25, -0.2) is 0 Å². The summed E-state index contributed by atoms with van der Waals surface area (Å²) in [6.07, 6.45) is -0.994. The number of ether oxygens (including phenoxy) is 4. The number of carbonyl (C=O) groups is 1. The van der Waals surface area contributed by atoms with Gasteiger partial charge in [0, 0.05) is 0 Å². The van der Waals surface area contributed by atoms with Gasteiger partial charge in [0.2, 0.25) is 0 Å². The van der Waals surface area contributed by atoms with Crippen molar-refractivity contribution in [3.05, 3.63) is 35.9 Å². The number of aldehydes is 1. The van der Waals surface area contributed by atoms with Crippen molar-refractivity contribution in [3.8, 4) is 0 Å². The van der Waals surface area contributed by atoms with Crippen LogP contribution in [0.4, 0.5) is 0 Å². The molecule has 0 aliphatic carbocycles. The number of hydrogen-bond acceptors (Lipinski definition) is 6. The number of benzene rings is 1. The van der Waals surface area contributed by atoms with Crippen LogP contribution in [0.2, 0.25) is 18.1 Å². The van der Waals surface area contributed by atoms with Crippen molar-refractivity contribution in [2.45, 2.75) is 89.2 Å². The second kappa shape index (κ2) is 7.87. The van der Waals surface area contributed by atoms with Gasteiger partial charge in [0.05, 0.1) is 13.2 Å². The Hall–Kier alpha value is -1.09. The Balaban J connectivity index is 1.82. The van der Waals surface area contributed by atoms with Gasteiger partial charge in [0.15, 0.2) is 32.3 Å². The Bertz CT molecular complexity index is 714. The van der Waals surface area contributed by atoms with E-state index in [4.69, 9.17) is 23.4 Å². The summed E-state index contributed by atoms with van der Waals surface area (Å²) >= 11 is 0. The van der Waals surface area contributed by atoms with Crippen LogP contribution in [-0.2, 0) is 34.8 Å². The highest BCUT2D eigenvalue weighted by atomic mass is 28.4. The largest absolute Gasteiger partial charge is 0.413 e. The normalized spacial score (nSPS) is 31.6. The first kappa shape index (κ1) is 22.6. The molecular formula is C22H34O6Si. The van der Waals surface area contributed by atoms with E-state index in [0.29, 0.717) is 6.61 Å². The van der Waals surface area contributed by atoms with Crippen molar-refractivity contribution in [2.24, 2.45) is 0 Å². The van der Waals surface area contributed by atoms with E-state index < -0.39 is 38.2 Å². The zero-order chi connectivity index (χ0) is 21.5. The fourth-order valence-corrected chi connectivity index (χ4v) is 4.39. The van der Waals surface area contributed by atoms with Crippen LogP contribution in [0.3, 0.4) is 0 Å². The van der Waals surface area contributed by atoms with Gasteiger partial charge >= 0.3 is 0 Å². The SMILES string of the molecule is CC1(C)O[C@H]2O[C@](C=O)(CO[Si](C)(C)C(C)(C)C)[C@@H](OCc3ccccc3)[C@H]2O1. The van der Waals surface area contributed by atoms with Gasteiger partial charge in [-0.2, -0.15) is 0 Å². The second-order valence-electron chi connectivity index (χ2n) is 9.93. The van der Waals surface area contributed by atoms with E-state index in [1.54, 1.807) is 0 Å². The van der Waals surface area contributed by atoms with Crippen LogP contribution in [0.25, 0.3) is 0 Å². The molecule has 0 saturated carbocycles. The molecule has 4 atom stereocenters. The van der Waals surface area contributed by atoms with Gasteiger partial charge in [-0.05, 0) is 37.5 Å². The van der Waals surface area contributed by atoms with E-state index in [-0.39, 0.29) is 11.6 Å². The molecule has 0 N–H and O–H groups in total. The van der Waals surface area contributed by atoms with Crippen LogP contribution < -0.4 is 0 Å². The molecule has 0 spiro atoms. The Morgan fingerprint density at radius 2 is 1.76 bits per heavy atom. The predicted molar refractivity (Wildman–Crippen MR) is 112 cm³/mol. The van der Waals surface area contributed by atoms with Gasteiger partial charge < -0.3 is 23.4 Å². The molecule has 0 bridgehead atoms. The highest BCUT2D eigenvalue weighted by Gasteiger charge is 2.63. The van der Waals surface area contributed by atoms with Crippen molar-refractivity contribution < 1.29 is 28.2 Å².